The fraction of sp³-hybridized carbons (Fsp3) is 0.357. The van der Waals surface area contributed by atoms with Crippen molar-refractivity contribution >= 4 is 34.5 Å². The maximum atomic E-state index is 6.09. The fourth-order valence-corrected chi connectivity index (χ4v) is 3.48. The average Bonchev–Trinajstić information content (AvgIpc) is 2.75. The number of benzene rings is 1. The number of nitrogens with one attached hydrogen (secondary N) is 1. The molecule has 1 N–H and O–H groups in total. The lowest BCUT2D eigenvalue weighted by Crippen LogP contribution is -2.17. The van der Waals surface area contributed by atoms with Crippen molar-refractivity contribution in [2.24, 2.45) is 0 Å². The van der Waals surface area contributed by atoms with Crippen LogP contribution >= 0.6 is 34.5 Å². The van der Waals surface area contributed by atoms with Gasteiger partial charge in [-0.05, 0) is 38.1 Å². The van der Waals surface area contributed by atoms with Crippen LogP contribution in [0.25, 0.3) is 0 Å². The number of halogens is 2. The second-order valence-electron chi connectivity index (χ2n) is 4.30. The molecule has 2 nitrogen and oxygen atoms in total. The van der Waals surface area contributed by atoms with E-state index in [0.29, 0.717) is 10.0 Å². The molecule has 2 rings (SSSR count). The number of rotatable bonds is 4. The average molecular weight is 315 g/mol. The lowest BCUT2D eigenvalue weighted by molar-refractivity contribution is 0.683. The van der Waals surface area contributed by atoms with E-state index in [-0.39, 0.29) is 6.04 Å². The van der Waals surface area contributed by atoms with Gasteiger partial charge in [0, 0.05) is 4.88 Å². The zero-order valence-electron chi connectivity index (χ0n) is 11.1. The summed E-state index contributed by atoms with van der Waals surface area (Å²) in [5.41, 5.74) is 2.24. The van der Waals surface area contributed by atoms with Crippen LogP contribution in [0.1, 0.15) is 34.1 Å². The lowest BCUT2D eigenvalue weighted by Gasteiger charge is -2.14. The quantitative estimate of drug-likeness (QED) is 0.890. The van der Waals surface area contributed by atoms with Crippen molar-refractivity contribution in [3.8, 4) is 0 Å². The molecule has 0 aliphatic carbocycles. The number of nitrogens with zero attached hydrogens (tertiary/aromatic N) is 1. The number of hydrogen-bond acceptors (Lipinski definition) is 3. The molecule has 0 amide bonds. The molecule has 1 atom stereocenters. The Bertz CT molecular complexity index is 581. The monoisotopic (exact) mass is 314 g/mol. The molecule has 1 aromatic carbocycles. The Morgan fingerprint density at radius 1 is 1.32 bits per heavy atom. The molecule has 0 spiro atoms. The maximum Gasteiger partial charge on any atom is 0.115 e. The van der Waals surface area contributed by atoms with Gasteiger partial charge < -0.3 is 5.32 Å². The summed E-state index contributed by atoms with van der Waals surface area (Å²) in [5, 5.41) is 5.50. The summed E-state index contributed by atoms with van der Waals surface area (Å²) < 4.78 is 0. The van der Waals surface area contributed by atoms with E-state index >= 15 is 0 Å². The lowest BCUT2D eigenvalue weighted by atomic mass is 10.1. The molecule has 2 aromatic rings. The van der Waals surface area contributed by atoms with Crippen molar-refractivity contribution in [1.82, 2.24) is 10.3 Å². The molecular formula is C14H16Cl2N2S. The molecule has 19 heavy (non-hydrogen) atoms. The topological polar surface area (TPSA) is 24.9 Å². The second-order valence-corrected chi connectivity index (χ2v) is 6.35. The Balaban J connectivity index is 2.40. The summed E-state index contributed by atoms with van der Waals surface area (Å²) >= 11 is 13.8. The van der Waals surface area contributed by atoms with Gasteiger partial charge in [-0.1, -0.05) is 36.2 Å². The molecule has 5 heteroatoms. The molecule has 102 valence electrons. The smallest absolute Gasteiger partial charge is 0.115 e. The molecule has 0 radical (unpaired) electrons. The van der Waals surface area contributed by atoms with Crippen LogP contribution in [-0.2, 0) is 6.42 Å². The van der Waals surface area contributed by atoms with E-state index < -0.39 is 0 Å². The molecule has 0 fully saturated rings. The Morgan fingerprint density at radius 3 is 2.58 bits per heavy atom. The van der Waals surface area contributed by atoms with Gasteiger partial charge in [0.2, 0.25) is 0 Å². The number of aromatic nitrogens is 1. The van der Waals surface area contributed by atoms with Crippen LogP contribution in [0.3, 0.4) is 0 Å². The first-order valence-corrected chi connectivity index (χ1v) is 7.72. The highest BCUT2D eigenvalue weighted by molar-refractivity contribution is 7.11. The number of hydrogen-bond donors (Lipinski definition) is 1. The highest BCUT2D eigenvalue weighted by Gasteiger charge is 2.18. The second kappa shape index (κ2) is 6.23. The summed E-state index contributed by atoms with van der Waals surface area (Å²) in [4.78, 5) is 5.98. The minimum atomic E-state index is 0.0544. The molecule has 0 saturated heterocycles. The van der Waals surface area contributed by atoms with Crippen molar-refractivity contribution in [2.75, 3.05) is 7.05 Å². The summed E-state index contributed by atoms with van der Waals surface area (Å²) in [6.45, 7) is 4.24. The first-order chi connectivity index (χ1) is 9.06. The third-order valence-corrected chi connectivity index (χ3v) is 4.87. The van der Waals surface area contributed by atoms with E-state index in [0.717, 1.165) is 17.0 Å². The highest BCUT2D eigenvalue weighted by atomic mass is 35.5. The summed E-state index contributed by atoms with van der Waals surface area (Å²) in [6.07, 6.45) is 0.958. The first kappa shape index (κ1) is 14.8. The summed E-state index contributed by atoms with van der Waals surface area (Å²) in [7, 11) is 1.93. The highest BCUT2D eigenvalue weighted by Crippen LogP contribution is 2.31. The van der Waals surface area contributed by atoms with Crippen molar-refractivity contribution in [3.63, 3.8) is 0 Å². The molecule has 1 heterocycles. The minimum absolute atomic E-state index is 0.0544. The molecule has 0 aliphatic heterocycles. The molecule has 0 aliphatic rings. The van der Waals surface area contributed by atoms with Gasteiger partial charge in [-0.3, -0.25) is 0 Å². The van der Waals surface area contributed by atoms with Crippen LogP contribution < -0.4 is 5.32 Å². The Labute approximate surface area is 127 Å². The van der Waals surface area contributed by atoms with Crippen molar-refractivity contribution in [2.45, 2.75) is 26.3 Å². The third-order valence-electron chi connectivity index (χ3n) is 3.06. The van der Waals surface area contributed by atoms with Crippen LogP contribution in [0, 0.1) is 6.92 Å². The van der Waals surface area contributed by atoms with Gasteiger partial charge in [0.25, 0.3) is 0 Å². The standard InChI is InChI=1S/C14H16Cl2N2S/c1-4-12-8(2)19-14(18-12)13(17-3)9-5-6-10(15)11(16)7-9/h5-7,13,17H,4H2,1-3H3. The first-order valence-electron chi connectivity index (χ1n) is 6.15. The minimum Gasteiger partial charge on any atom is -0.307 e. The van der Waals surface area contributed by atoms with Gasteiger partial charge in [-0.15, -0.1) is 11.3 Å². The van der Waals surface area contributed by atoms with Crippen LogP contribution in [0.5, 0.6) is 0 Å². The van der Waals surface area contributed by atoms with Crippen LogP contribution in [0.4, 0.5) is 0 Å². The predicted octanol–water partition coefficient (Wildman–Crippen LogP) is 4.63. The van der Waals surface area contributed by atoms with Gasteiger partial charge >= 0.3 is 0 Å². The van der Waals surface area contributed by atoms with Gasteiger partial charge in [0.1, 0.15) is 5.01 Å². The predicted molar refractivity (Wildman–Crippen MR) is 83.6 cm³/mol. The van der Waals surface area contributed by atoms with Gasteiger partial charge in [0.15, 0.2) is 0 Å². The van der Waals surface area contributed by atoms with Crippen molar-refractivity contribution in [3.05, 3.63) is 49.4 Å². The van der Waals surface area contributed by atoms with E-state index in [9.17, 15) is 0 Å². The Morgan fingerprint density at radius 2 is 2.05 bits per heavy atom. The van der Waals surface area contributed by atoms with Crippen molar-refractivity contribution in [1.29, 1.82) is 0 Å². The molecule has 0 bridgehead atoms. The molecule has 1 aromatic heterocycles. The largest absolute Gasteiger partial charge is 0.307 e. The van der Waals surface area contributed by atoms with E-state index in [2.05, 4.69) is 19.2 Å². The maximum absolute atomic E-state index is 6.09. The number of aryl methyl sites for hydroxylation is 2. The van der Waals surface area contributed by atoms with E-state index in [1.54, 1.807) is 11.3 Å². The van der Waals surface area contributed by atoms with E-state index in [4.69, 9.17) is 28.2 Å². The van der Waals surface area contributed by atoms with Crippen LogP contribution in [-0.4, -0.2) is 12.0 Å². The Hall–Kier alpha value is -0.610. The van der Waals surface area contributed by atoms with Gasteiger partial charge in [-0.2, -0.15) is 0 Å². The normalized spacial score (nSPS) is 12.7. The Kier molecular flexibility index (Phi) is 4.85. The molecular weight excluding hydrogens is 299 g/mol. The van der Waals surface area contributed by atoms with Gasteiger partial charge in [-0.25, -0.2) is 4.98 Å². The van der Waals surface area contributed by atoms with E-state index in [1.807, 2.05) is 25.2 Å². The zero-order valence-corrected chi connectivity index (χ0v) is 13.5. The van der Waals surface area contributed by atoms with E-state index in [1.165, 1.54) is 10.6 Å². The summed E-state index contributed by atoms with van der Waals surface area (Å²) in [5.74, 6) is 0. The van der Waals surface area contributed by atoms with Crippen LogP contribution in [0.2, 0.25) is 10.0 Å². The molecule has 0 saturated carbocycles. The fourth-order valence-electron chi connectivity index (χ4n) is 2.03. The number of thiazole rings is 1. The third kappa shape index (κ3) is 3.11. The SMILES string of the molecule is CCc1nc(C(NC)c2ccc(Cl)c(Cl)c2)sc1C. The summed E-state index contributed by atoms with van der Waals surface area (Å²) in [6, 6.07) is 5.76. The zero-order chi connectivity index (χ0) is 14.0. The van der Waals surface area contributed by atoms with Gasteiger partial charge in [0.05, 0.1) is 21.8 Å². The molecule has 1 unspecified atom stereocenters. The van der Waals surface area contributed by atoms with Crippen LogP contribution in [0.15, 0.2) is 18.2 Å². The van der Waals surface area contributed by atoms with Crippen molar-refractivity contribution < 1.29 is 0 Å².